The van der Waals surface area contributed by atoms with Crippen molar-refractivity contribution in [3.63, 3.8) is 0 Å². The van der Waals surface area contributed by atoms with Crippen molar-refractivity contribution in [2.45, 2.75) is 33.1 Å². The maximum atomic E-state index is 13.0. The van der Waals surface area contributed by atoms with Gasteiger partial charge in [-0.15, -0.1) is 0 Å². The van der Waals surface area contributed by atoms with Crippen molar-refractivity contribution in [2.24, 2.45) is 5.92 Å². The quantitative estimate of drug-likeness (QED) is 0.659. The van der Waals surface area contributed by atoms with Gasteiger partial charge in [0.1, 0.15) is 5.75 Å². The van der Waals surface area contributed by atoms with Crippen molar-refractivity contribution in [1.29, 1.82) is 0 Å². The predicted molar refractivity (Wildman–Crippen MR) is 102 cm³/mol. The fourth-order valence-corrected chi connectivity index (χ4v) is 2.33. The second-order valence-electron chi connectivity index (χ2n) is 6.81. The lowest BCUT2D eigenvalue weighted by Gasteiger charge is -2.17. The van der Waals surface area contributed by atoms with Crippen LogP contribution >= 0.6 is 0 Å². The van der Waals surface area contributed by atoms with Gasteiger partial charge in [-0.05, 0) is 43.2 Å². The Morgan fingerprint density at radius 2 is 1.72 bits per heavy atom. The van der Waals surface area contributed by atoms with E-state index in [2.05, 4.69) is 5.32 Å². The fraction of sp³-hybridized carbons (Fsp3) is 0.333. The highest BCUT2D eigenvalue weighted by Crippen LogP contribution is 2.34. The van der Waals surface area contributed by atoms with Crippen LogP contribution in [0.2, 0.25) is 0 Å². The third kappa shape index (κ3) is 6.51. The Bertz CT molecular complexity index is 865. The lowest BCUT2D eigenvalue weighted by molar-refractivity contribution is -0.137. The number of para-hydroxylation sites is 1. The molecule has 8 heteroatoms. The molecule has 0 aliphatic heterocycles. The Morgan fingerprint density at radius 3 is 2.38 bits per heavy atom. The summed E-state index contributed by atoms with van der Waals surface area (Å²) in [6.45, 7) is 5.71. The number of ether oxygens (including phenoxy) is 2. The maximum Gasteiger partial charge on any atom is 0.418 e. The van der Waals surface area contributed by atoms with E-state index in [1.807, 2.05) is 13.8 Å². The fourth-order valence-electron chi connectivity index (χ4n) is 2.33. The van der Waals surface area contributed by atoms with Crippen LogP contribution in [-0.2, 0) is 15.7 Å². The number of rotatable bonds is 7. The van der Waals surface area contributed by atoms with Crippen LogP contribution < -0.4 is 10.1 Å². The molecule has 0 aliphatic rings. The maximum absolute atomic E-state index is 13.0. The molecule has 1 atom stereocenters. The Balaban J connectivity index is 2.03. The van der Waals surface area contributed by atoms with Crippen molar-refractivity contribution in [3.05, 3.63) is 59.7 Å². The Labute approximate surface area is 166 Å². The van der Waals surface area contributed by atoms with Gasteiger partial charge in [0.05, 0.1) is 23.4 Å². The van der Waals surface area contributed by atoms with Gasteiger partial charge in [-0.25, -0.2) is 4.79 Å². The number of carbonyl (C=O) groups is 2. The largest absolute Gasteiger partial charge is 0.493 e. The molecule has 0 saturated carbocycles. The zero-order chi connectivity index (χ0) is 21.6. The molecule has 156 valence electrons. The lowest BCUT2D eigenvalue weighted by atomic mass is 10.1. The first kappa shape index (κ1) is 22.3. The number of hydrogen-bond donors (Lipinski definition) is 1. The van der Waals surface area contributed by atoms with E-state index in [1.165, 1.54) is 31.2 Å². The summed E-state index contributed by atoms with van der Waals surface area (Å²) in [5.74, 6) is -0.882. The van der Waals surface area contributed by atoms with E-state index in [-0.39, 0.29) is 5.56 Å². The summed E-state index contributed by atoms with van der Waals surface area (Å²) in [6.07, 6.45) is -5.93. The number of benzene rings is 2. The van der Waals surface area contributed by atoms with E-state index in [9.17, 15) is 22.8 Å². The highest BCUT2D eigenvalue weighted by molar-refractivity contribution is 5.97. The van der Waals surface area contributed by atoms with Crippen molar-refractivity contribution in [2.75, 3.05) is 11.9 Å². The molecule has 2 aromatic rings. The van der Waals surface area contributed by atoms with E-state index >= 15 is 0 Å². The van der Waals surface area contributed by atoms with Gasteiger partial charge in [0.15, 0.2) is 6.10 Å². The van der Waals surface area contributed by atoms with Crippen molar-refractivity contribution >= 4 is 17.6 Å². The van der Waals surface area contributed by atoms with Crippen molar-refractivity contribution in [1.82, 2.24) is 0 Å². The minimum absolute atomic E-state index is 0.168. The molecule has 2 rings (SSSR count). The average molecular weight is 409 g/mol. The van der Waals surface area contributed by atoms with Gasteiger partial charge in [-0.1, -0.05) is 32.0 Å². The summed E-state index contributed by atoms with van der Waals surface area (Å²) in [7, 11) is 0. The minimum Gasteiger partial charge on any atom is -0.493 e. The Morgan fingerprint density at radius 1 is 1.03 bits per heavy atom. The number of hydrogen-bond acceptors (Lipinski definition) is 4. The molecule has 1 unspecified atom stereocenters. The first-order valence-electron chi connectivity index (χ1n) is 8.99. The van der Waals surface area contributed by atoms with Gasteiger partial charge in [0.25, 0.3) is 5.91 Å². The number of esters is 1. The molecule has 0 saturated heterocycles. The molecule has 1 N–H and O–H groups in total. The van der Waals surface area contributed by atoms with Crippen LogP contribution in [0.5, 0.6) is 5.75 Å². The van der Waals surface area contributed by atoms with Crippen molar-refractivity contribution in [3.8, 4) is 5.75 Å². The molecule has 0 spiro atoms. The van der Waals surface area contributed by atoms with E-state index in [0.29, 0.717) is 18.3 Å². The normalized spacial score (nSPS) is 12.4. The first-order chi connectivity index (χ1) is 13.6. The van der Waals surface area contributed by atoms with Gasteiger partial charge in [0.2, 0.25) is 0 Å². The van der Waals surface area contributed by atoms with Gasteiger partial charge in [-0.3, -0.25) is 4.79 Å². The minimum atomic E-state index is -4.62. The predicted octanol–water partition coefficient (Wildman–Crippen LogP) is 4.92. The Hall–Kier alpha value is -3.03. The van der Waals surface area contributed by atoms with Crippen LogP contribution in [0.3, 0.4) is 0 Å². The molecule has 2 aromatic carbocycles. The van der Waals surface area contributed by atoms with Crippen LogP contribution in [0, 0.1) is 5.92 Å². The summed E-state index contributed by atoms with van der Waals surface area (Å²) in [6, 6.07) is 10.8. The third-order valence-electron chi connectivity index (χ3n) is 3.80. The summed E-state index contributed by atoms with van der Waals surface area (Å²) < 4.78 is 49.7. The van der Waals surface area contributed by atoms with Crippen LogP contribution in [-0.4, -0.2) is 24.6 Å². The standard InChI is InChI=1S/C21H22F3NO4/c1-13(2)12-28-16-8-6-7-15(11-16)20(27)29-14(3)19(26)25-18-10-5-4-9-17(18)21(22,23)24/h4-11,13-14H,12H2,1-3H3,(H,25,26). The number of anilines is 1. The zero-order valence-corrected chi connectivity index (χ0v) is 16.2. The van der Waals surface area contributed by atoms with Gasteiger partial charge in [0, 0.05) is 0 Å². The highest BCUT2D eigenvalue weighted by Gasteiger charge is 2.34. The Kier molecular flexibility index (Phi) is 7.25. The number of alkyl halides is 3. The van der Waals surface area contributed by atoms with Crippen LogP contribution in [0.25, 0.3) is 0 Å². The molecule has 0 fully saturated rings. The molecule has 0 aromatic heterocycles. The number of halogens is 3. The highest BCUT2D eigenvalue weighted by atomic mass is 19.4. The van der Waals surface area contributed by atoms with Crippen LogP contribution in [0.4, 0.5) is 18.9 Å². The molecular weight excluding hydrogens is 387 g/mol. The summed E-state index contributed by atoms with van der Waals surface area (Å²) >= 11 is 0. The SMILES string of the molecule is CC(C)COc1cccc(C(=O)OC(C)C(=O)Nc2ccccc2C(F)(F)F)c1. The molecule has 0 bridgehead atoms. The van der Waals surface area contributed by atoms with Gasteiger partial charge >= 0.3 is 12.1 Å². The summed E-state index contributed by atoms with van der Waals surface area (Å²) in [5, 5.41) is 2.16. The third-order valence-corrected chi connectivity index (χ3v) is 3.80. The first-order valence-corrected chi connectivity index (χ1v) is 8.99. The van der Waals surface area contributed by atoms with Gasteiger partial charge in [-0.2, -0.15) is 13.2 Å². The molecule has 5 nitrogen and oxygen atoms in total. The molecule has 0 heterocycles. The van der Waals surface area contributed by atoms with E-state index < -0.39 is 35.4 Å². The number of nitrogens with one attached hydrogen (secondary N) is 1. The summed E-state index contributed by atoms with van der Waals surface area (Å²) in [5.41, 5.74) is -1.22. The van der Waals surface area contributed by atoms with Gasteiger partial charge < -0.3 is 14.8 Å². The van der Waals surface area contributed by atoms with Crippen LogP contribution in [0.1, 0.15) is 36.7 Å². The number of amides is 1. The monoisotopic (exact) mass is 409 g/mol. The second-order valence-corrected chi connectivity index (χ2v) is 6.81. The zero-order valence-electron chi connectivity index (χ0n) is 16.2. The second kappa shape index (κ2) is 9.45. The lowest BCUT2D eigenvalue weighted by Crippen LogP contribution is -2.30. The van der Waals surface area contributed by atoms with E-state index in [0.717, 1.165) is 12.1 Å². The molecule has 0 aliphatic carbocycles. The van der Waals surface area contributed by atoms with Crippen LogP contribution in [0.15, 0.2) is 48.5 Å². The van der Waals surface area contributed by atoms with Crippen molar-refractivity contribution < 1.29 is 32.2 Å². The molecular formula is C21H22F3NO4. The molecule has 1 amide bonds. The summed E-state index contributed by atoms with van der Waals surface area (Å²) in [4.78, 5) is 24.5. The number of carbonyl (C=O) groups excluding carboxylic acids is 2. The van der Waals surface area contributed by atoms with E-state index in [1.54, 1.807) is 12.1 Å². The smallest absolute Gasteiger partial charge is 0.418 e. The topological polar surface area (TPSA) is 64.6 Å². The molecule has 29 heavy (non-hydrogen) atoms. The average Bonchev–Trinajstić information content (AvgIpc) is 2.66. The molecule has 0 radical (unpaired) electrons. The van der Waals surface area contributed by atoms with E-state index in [4.69, 9.17) is 9.47 Å².